The summed E-state index contributed by atoms with van der Waals surface area (Å²) in [4.78, 5) is 52.0. The van der Waals surface area contributed by atoms with Gasteiger partial charge in [-0.05, 0) is 61.3 Å². The molecule has 0 bridgehead atoms. The number of hydrogen-bond donors (Lipinski definition) is 0. The third-order valence-electron chi connectivity index (χ3n) is 8.04. The zero-order chi connectivity index (χ0) is 31.8. The Morgan fingerprint density at radius 1 is 0.667 bits per heavy atom. The second-order valence-electron chi connectivity index (χ2n) is 16.8. The van der Waals surface area contributed by atoms with E-state index in [9.17, 15) is 19.2 Å². The first-order valence-corrected chi connectivity index (χ1v) is 14.3. The minimum atomic E-state index is -1.13. The summed E-state index contributed by atoms with van der Waals surface area (Å²) in [6.07, 6.45) is 1.00. The lowest BCUT2D eigenvalue weighted by atomic mass is 9.63. The van der Waals surface area contributed by atoms with Gasteiger partial charge in [-0.2, -0.15) is 0 Å². The van der Waals surface area contributed by atoms with Crippen molar-refractivity contribution in [3.63, 3.8) is 0 Å². The van der Waals surface area contributed by atoms with Gasteiger partial charge >= 0.3 is 0 Å². The molecule has 1 atom stereocenters. The Bertz CT molecular complexity index is 922. The summed E-state index contributed by atoms with van der Waals surface area (Å²) < 4.78 is 12.7. The van der Waals surface area contributed by atoms with Gasteiger partial charge in [-0.15, -0.1) is 0 Å². The van der Waals surface area contributed by atoms with Crippen LogP contribution in [0.5, 0.6) is 0 Å². The maximum Gasteiger partial charge on any atom is 0.169 e. The topological polar surface area (TPSA) is 86.7 Å². The predicted octanol–water partition coefficient (Wildman–Crippen LogP) is 7.58. The van der Waals surface area contributed by atoms with E-state index in [1.807, 2.05) is 104 Å². The molecular weight excluding hydrogens is 492 g/mol. The Morgan fingerprint density at radius 2 is 1.08 bits per heavy atom. The van der Waals surface area contributed by atoms with Gasteiger partial charge in [-0.1, -0.05) is 76.2 Å². The van der Waals surface area contributed by atoms with Gasteiger partial charge in [0, 0.05) is 21.7 Å². The molecular formula is C33H60O6. The molecule has 0 N–H and O–H groups in total. The number of ether oxygens (including phenoxy) is 2. The highest BCUT2D eigenvalue weighted by molar-refractivity contribution is 5.92. The second kappa shape index (κ2) is 11.5. The van der Waals surface area contributed by atoms with E-state index in [1.165, 1.54) is 0 Å². The summed E-state index contributed by atoms with van der Waals surface area (Å²) in [5, 5.41) is 0. The minimum absolute atomic E-state index is 0.00993. The van der Waals surface area contributed by atoms with E-state index in [2.05, 4.69) is 0 Å². The molecule has 0 aliphatic heterocycles. The molecule has 0 saturated carbocycles. The highest BCUT2D eigenvalue weighted by Crippen LogP contribution is 2.46. The fraction of sp³-hybridized carbons (Fsp3) is 0.879. The summed E-state index contributed by atoms with van der Waals surface area (Å²) in [6.45, 7) is 33.2. The molecule has 0 aliphatic rings. The first-order chi connectivity index (χ1) is 16.8. The number of Topliss-reactive ketones (excluding diaryl/α,β-unsaturated/α-hetero) is 3. The molecule has 0 radical (unpaired) electrons. The number of aldehydes is 1. The van der Waals surface area contributed by atoms with Crippen molar-refractivity contribution in [1.82, 2.24) is 0 Å². The van der Waals surface area contributed by atoms with E-state index in [4.69, 9.17) is 9.47 Å². The lowest BCUT2D eigenvalue weighted by Gasteiger charge is -2.47. The molecule has 39 heavy (non-hydrogen) atoms. The molecule has 0 saturated heterocycles. The largest absolute Gasteiger partial charge is 0.364 e. The van der Waals surface area contributed by atoms with Gasteiger partial charge in [0.25, 0.3) is 0 Å². The molecule has 0 aromatic rings. The third kappa shape index (κ3) is 9.59. The van der Waals surface area contributed by atoms with Gasteiger partial charge in [0.15, 0.2) is 11.6 Å². The minimum Gasteiger partial charge on any atom is -0.364 e. The van der Waals surface area contributed by atoms with Crippen LogP contribution < -0.4 is 0 Å². The van der Waals surface area contributed by atoms with E-state index < -0.39 is 50.0 Å². The van der Waals surface area contributed by atoms with Gasteiger partial charge in [-0.25, -0.2) is 0 Å². The van der Waals surface area contributed by atoms with Crippen LogP contribution in [0.4, 0.5) is 0 Å². The summed E-state index contributed by atoms with van der Waals surface area (Å²) in [5.74, 6) is -0.113. The predicted molar refractivity (Wildman–Crippen MR) is 159 cm³/mol. The summed E-state index contributed by atoms with van der Waals surface area (Å²) in [7, 11) is 0. The van der Waals surface area contributed by atoms with Gasteiger partial charge in [0.2, 0.25) is 0 Å². The average molecular weight is 553 g/mol. The third-order valence-corrected chi connectivity index (χ3v) is 8.04. The van der Waals surface area contributed by atoms with Gasteiger partial charge < -0.3 is 14.3 Å². The van der Waals surface area contributed by atoms with Gasteiger partial charge in [-0.3, -0.25) is 14.4 Å². The SMILES string of the molecule is CC(OC(C)(C)C(C)(C)C(=O)C(C)(C)CC(C)(C)OC(C)(C)C(=O)C(C)(C)CC(C)(C)C=O)C(=O)C(C)(C)C. The van der Waals surface area contributed by atoms with E-state index in [0.29, 0.717) is 12.8 Å². The number of rotatable bonds is 15. The van der Waals surface area contributed by atoms with Crippen LogP contribution in [0.25, 0.3) is 0 Å². The smallest absolute Gasteiger partial charge is 0.169 e. The first kappa shape index (κ1) is 37.6. The fourth-order valence-corrected chi connectivity index (χ4v) is 6.37. The van der Waals surface area contributed by atoms with Crippen molar-refractivity contribution in [1.29, 1.82) is 0 Å². The summed E-state index contributed by atoms with van der Waals surface area (Å²) in [5.41, 5.74) is -6.57. The Balaban J connectivity index is 5.92. The molecule has 0 spiro atoms. The zero-order valence-corrected chi connectivity index (χ0v) is 28.5. The van der Waals surface area contributed by atoms with Gasteiger partial charge in [0.1, 0.15) is 23.8 Å². The van der Waals surface area contributed by atoms with Crippen LogP contribution in [0.3, 0.4) is 0 Å². The van der Waals surface area contributed by atoms with Crippen molar-refractivity contribution in [3.8, 4) is 0 Å². The van der Waals surface area contributed by atoms with Crippen LogP contribution in [0.1, 0.15) is 137 Å². The lowest BCUT2D eigenvalue weighted by molar-refractivity contribution is -0.183. The van der Waals surface area contributed by atoms with E-state index in [1.54, 1.807) is 20.8 Å². The molecule has 1 unspecified atom stereocenters. The van der Waals surface area contributed by atoms with Crippen LogP contribution in [0.2, 0.25) is 0 Å². The molecule has 228 valence electrons. The van der Waals surface area contributed by atoms with Crippen LogP contribution >= 0.6 is 0 Å². The maximum absolute atomic E-state index is 14.1. The standard InChI is InChI=1S/C33H60O6/c1-22(23(35)26(2,3)4)38-33(17,18)31(13,14)24(36)29(9,10)20-30(11,12)39-32(15,16)25(37)28(7,8)19-27(5,6)21-34/h21-22H,19-20H2,1-18H3. The van der Waals surface area contributed by atoms with Crippen LogP contribution in [-0.4, -0.2) is 46.5 Å². The molecule has 0 amide bonds. The Morgan fingerprint density at radius 3 is 1.46 bits per heavy atom. The number of ketones is 3. The monoisotopic (exact) mass is 552 g/mol. The highest BCUT2D eigenvalue weighted by atomic mass is 16.5. The van der Waals surface area contributed by atoms with Crippen molar-refractivity contribution in [3.05, 3.63) is 0 Å². The van der Waals surface area contributed by atoms with Crippen LogP contribution in [0.15, 0.2) is 0 Å². The van der Waals surface area contributed by atoms with Crippen molar-refractivity contribution in [2.45, 2.75) is 160 Å². The normalized spacial score (nSPS) is 15.6. The maximum atomic E-state index is 14.1. The van der Waals surface area contributed by atoms with E-state index in [0.717, 1.165) is 6.29 Å². The second-order valence-corrected chi connectivity index (χ2v) is 16.8. The lowest BCUT2D eigenvalue weighted by Crippen LogP contribution is -2.55. The fourth-order valence-electron chi connectivity index (χ4n) is 6.37. The Labute approximate surface area is 239 Å². The molecule has 0 aromatic carbocycles. The molecule has 0 heterocycles. The van der Waals surface area contributed by atoms with Gasteiger partial charge in [0.05, 0.1) is 16.6 Å². The molecule has 0 fully saturated rings. The number of carbonyl (C=O) groups excluding carboxylic acids is 4. The van der Waals surface area contributed by atoms with Crippen molar-refractivity contribution < 1.29 is 28.7 Å². The molecule has 6 heteroatoms. The quantitative estimate of drug-likeness (QED) is 0.195. The average Bonchev–Trinajstić information content (AvgIpc) is 2.68. The molecule has 0 aromatic heterocycles. The summed E-state index contributed by atoms with van der Waals surface area (Å²) in [6, 6.07) is 0. The summed E-state index contributed by atoms with van der Waals surface area (Å²) >= 11 is 0. The first-order valence-electron chi connectivity index (χ1n) is 14.3. The van der Waals surface area contributed by atoms with Crippen LogP contribution in [0, 0.1) is 27.1 Å². The molecule has 6 nitrogen and oxygen atoms in total. The van der Waals surface area contributed by atoms with E-state index in [-0.39, 0.29) is 17.3 Å². The van der Waals surface area contributed by atoms with E-state index >= 15 is 0 Å². The highest BCUT2D eigenvalue weighted by Gasteiger charge is 2.53. The molecule has 0 rings (SSSR count). The Hall–Kier alpha value is -1.40. The van der Waals surface area contributed by atoms with Crippen molar-refractivity contribution >= 4 is 23.6 Å². The number of hydrogen-bond acceptors (Lipinski definition) is 6. The number of carbonyl (C=O) groups is 4. The zero-order valence-electron chi connectivity index (χ0n) is 28.5. The van der Waals surface area contributed by atoms with Crippen molar-refractivity contribution in [2.24, 2.45) is 27.1 Å². The van der Waals surface area contributed by atoms with Crippen LogP contribution in [-0.2, 0) is 28.7 Å². The molecule has 0 aliphatic carbocycles. The Kier molecular flexibility index (Phi) is 11.1. The van der Waals surface area contributed by atoms with Crippen molar-refractivity contribution in [2.75, 3.05) is 0 Å².